The molecule has 0 aliphatic carbocycles. The molecule has 152 valence electrons. The zero-order chi connectivity index (χ0) is 21.6. The molecule has 1 heterocycles. The van der Waals surface area contributed by atoms with Gasteiger partial charge in [-0.05, 0) is 42.0 Å². The summed E-state index contributed by atoms with van der Waals surface area (Å²) in [4.78, 5) is 9.03. The van der Waals surface area contributed by atoms with Gasteiger partial charge in [0, 0.05) is 21.3 Å². The van der Waals surface area contributed by atoms with Crippen molar-refractivity contribution in [3.63, 3.8) is 0 Å². The van der Waals surface area contributed by atoms with Crippen molar-refractivity contribution in [3.8, 4) is 23.2 Å². The molecule has 4 aromatic rings. The summed E-state index contributed by atoms with van der Waals surface area (Å²) in [6.07, 6.45) is 0. The van der Waals surface area contributed by atoms with Crippen molar-refractivity contribution >= 4 is 34.8 Å². The number of anilines is 2. The highest BCUT2D eigenvalue weighted by Gasteiger charge is 2.18. The maximum absolute atomic E-state index is 9.85. The van der Waals surface area contributed by atoms with Crippen molar-refractivity contribution in [2.45, 2.75) is 6.61 Å². The molecule has 0 saturated carbocycles. The Morgan fingerprint density at radius 2 is 1.48 bits per heavy atom. The average Bonchev–Trinajstić information content (AvgIpc) is 2.80. The minimum atomic E-state index is 0.197. The van der Waals surface area contributed by atoms with Gasteiger partial charge in [-0.1, -0.05) is 65.7 Å². The Labute approximate surface area is 189 Å². The number of benzene rings is 3. The number of nitrogens with zero attached hydrogens (tertiary/aromatic N) is 3. The molecule has 0 saturated heterocycles. The Morgan fingerprint density at radius 1 is 0.839 bits per heavy atom. The monoisotopic (exact) mass is 446 g/mol. The Kier molecular flexibility index (Phi) is 6.32. The molecule has 3 aromatic carbocycles. The minimum absolute atomic E-state index is 0.197. The first-order chi connectivity index (χ1) is 15.1. The van der Waals surface area contributed by atoms with Crippen molar-refractivity contribution in [1.82, 2.24) is 9.97 Å². The highest BCUT2D eigenvalue weighted by Crippen LogP contribution is 2.31. The van der Waals surface area contributed by atoms with Crippen LogP contribution in [0.2, 0.25) is 10.0 Å². The number of aromatic nitrogens is 2. The number of ether oxygens (including phenoxy) is 1. The zero-order valence-electron chi connectivity index (χ0n) is 16.2. The normalized spacial score (nSPS) is 10.4. The van der Waals surface area contributed by atoms with Gasteiger partial charge in [0.25, 0.3) is 0 Å². The second-order valence-electron chi connectivity index (χ2n) is 6.60. The summed E-state index contributed by atoms with van der Waals surface area (Å²) in [7, 11) is 0. The van der Waals surface area contributed by atoms with E-state index in [-0.39, 0.29) is 18.1 Å². The summed E-state index contributed by atoms with van der Waals surface area (Å²) in [5, 5.41) is 14.2. The van der Waals surface area contributed by atoms with Gasteiger partial charge >= 0.3 is 0 Å². The summed E-state index contributed by atoms with van der Waals surface area (Å²) in [6.45, 7) is 0.271. The molecule has 0 unspecified atom stereocenters. The molecule has 7 heteroatoms. The molecule has 31 heavy (non-hydrogen) atoms. The quantitative estimate of drug-likeness (QED) is 0.359. The first-order valence-corrected chi connectivity index (χ1v) is 10.2. The number of nitrogens with one attached hydrogen (secondary N) is 1. The van der Waals surface area contributed by atoms with E-state index in [1.165, 1.54) is 0 Å². The fourth-order valence-corrected chi connectivity index (χ4v) is 3.16. The van der Waals surface area contributed by atoms with E-state index >= 15 is 0 Å². The van der Waals surface area contributed by atoms with Crippen LogP contribution >= 0.6 is 23.2 Å². The summed E-state index contributed by atoms with van der Waals surface area (Å²) in [6, 6.07) is 26.1. The lowest BCUT2D eigenvalue weighted by atomic mass is 10.1. The van der Waals surface area contributed by atoms with E-state index in [0.29, 0.717) is 21.7 Å². The van der Waals surface area contributed by atoms with E-state index in [1.807, 2.05) is 42.5 Å². The highest BCUT2D eigenvalue weighted by molar-refractivity contribution is 6.30. The number of rotatable bonds is 6. The predicted molar refractivity (Wildman–Crippen MR) is 123 cm³/mol. The fraction of sp³-hybridized carbons (Fsp3) is 0.0417. The molecular weight excluding hydrogens is 431 g/mol. The fourth-order valence-electron chi connectivity index (χ4n) is 2.91. The van der Waals surface area contributed by atoms with E-state index in [0.717, 1.165) is 16.8 Å². The van der Waals surface area contributed by atoms with Gasteiger partial charge in [0.15, 0.2) is 0 Å². The highest BCUT2D eigenvalue weighted by atomic mass is 35.5. The zero-order valence-corrected chi connectivity index (χ0v) is 17.7. The van der Waals surface area contributed by atoms with E-state index < -0.39 is 0 Å². The second kappa shape index (κ2) is 9.48. The van der Waals surface area contributed by atoms with Gasteiger partial charge in [-0.2, -0.15) is 10.2 Å². The predicted octanol–water partition coefficient (Wildman–Crippen LogP) is 6.64. The largest absolute Gasteiger partial charge is 0.472 e. The van der Waals surface area contributed by atoms with Gasteiger partial charge < -0.3 is 10.1 Å². The molecule has 1 aromatic heterocycles. The van der Waals surface area contributed by atoms with Gasteiger partial charge in [-0.25, -0.2) is 4.98 Å². The molecule has 0 aliphatic heterocycles. The van der Waals surface area contributed by atoms with Crippen LogP contribution in [0.25, 0.3) is 11.3 Å². The molecule has 5 nitrogen and oxygen atoms in total. The van der Waals surface area contributed by atoms with Crippen LogP contribution < -0.4 is 10.1 Å². The average molecular weight is 447 g/mol. The van der Waals surface area contributed by atoms with Crippen LogP contribution in [0.5, 0.6) is 5.88 Å². The van der Waals surface area contributed by atoms with Crippen LogP contribution in [0.1, 0.15) is 11.1 Å². The Morgan fingerprint density at radius 3 is 2.13 bits per heavy atom. The van der Waals surface area contributed by atoms with Crippen LogP contribution in [-0.4, -0.2) is 9.97 Å². The van der Waals surface area contributed by atoms with Crippen LogP contribution in [0.3, 0.4) is 0 Å². The van der Waals surface area contributed by atoms with Crippen molar-refractivity contribution in [2.24, 2.45) is 0 Å². The third-order valence-electron chi connectivity index (χ3n) is 4.42. The number of hydrogen-bond donors (Lipinski definition) is 1. The molecule has 0 fully saturated rings. The van der Waals surface area contributed by atoms with Crippen LogP contribution in [-0.2, 0) is 6.61 Å². The SMILES string of the molecule is N#Cc1c(OCc2ccccc2)nc(Nc2ccc(Cl)cc2)nc1-c1ccc(Cl)cc1. The molecule has 0 spiro atoms. The lowest BCUT2D eigenvalue weighted by Gasteiger charge is -2.13. The van der Waals surface area contributed by atoms with Crippen molar-refractivity contribution < 1.29 is 4.74 Å². The Balaban J connectivity index is 1.75. The number of hydrogen-bond acceptors (Lipinski definition) is 5. The Bertz CT molecular complexity index is 1220. The summed E-state index contributed by atoms with van der Waals surface area (Å²) >= 11 is 12.0. The van der Waals surface area contributed by atoms with Crippen LogP contribution in [0.4, 0.5) is 11.6 Å². The van der Waals surface area contributed by atoms with Gasteiger partial charge in [0.1, 0.15) is 18.2 Å². The minimum Gasteiger partial charge on any atom is -0.472 e. The van der Waals surface area contributed by atoms with Gasteiger partial charge in [0.05, 0.1) is 5.69 Å². The van der Waals surface area contributed by atoms with Crippen molar-refractivity contribution in [2.75, 3.05) is 5.32 Å². The summed E-state index contributed by atoms with van der Waals surface area (Å²) in [5.41, 5.74) is 3.15. The smallest absolute Gasteiger partial charge is 0.237 e. The van der Waals surface area contributed by atoms with Crippen molar-refractivity contribution in [3.05, 3.63) is 100 Å². The second-order valence-corrected chi connectivity index (χ2v) is 7.47. The molecule has 4 rings (SSSR count). The number of nitriles is 1. The number of halogens is 2. The molecular formula is C24H16Cl2N4O. The van der Waals surface area contributed by atoms with E-state index in [2.05, 4.69) is 21.4 Å². The topological polar surface area (TPSA) is 70.8 Å². The van der Waals surface area contributed by atoms with Crippen molar-refractivity contribution in [1.29, 1.82) is 5.26 Å². The molecule has 1 N–H and O–H groups in total. The lowest BCUT2D eigenvalue weighted by Crippen LogP contribution is -2.06. The van der Waals surface area contributed by atoms with E-state index in [4.69, 9.17) is 27.9 Å². The summed E-state index contributed by atoms with van der Waals surface area (Å²) < 4.78 is 5.94. The van der Waals surface area contributed by atoms with E-state index in [9.17, 15) is 5.26 Å². The van der Waals surface area contributed by atoms with E-state index in [1.54, 1.807) is 36.4 Å². The molecule has 0 radical (unpaired) electrons. The molecule has 0 bridgehead atoms. The summed E-state index contributed by atoms with van der Waals surface area (Å²) in [5.74, 6) is 0.497. The van der Waals surface area contributed by atoms with Gasteiger partial charge in [0.2, 0.25) is 11.8 Å². The standard InChI is InChI=1S/C24H16Cl2N4O/c25-18-8-6-17(7-9-18)22-21(14-27)23(31-15-16-4-2-1-3-5-16)30-24(29-22)28-20-12-10-19(26)11-13-20/h1-13H,15H2,(H,28,29,30). The third kappa shape index (κ3) is 5.13. The molecule has 0 aliphatic rings. The molecule has 0 amide bonds. The first kappa shape index (κ1) is 20.7. The Hall–Kier alpha value is -3.59. The van der Waals surface area contributed by atoms with Gasteiger partial charge in [-0.15, -0.1) is 0 Å². The van der Waals surface area contributed by atoms with Crippen LogP contribution in [0.15, 0.2) is 78.9 Å². The third-order valence-corrected chi connectivity index (χ3v) is 4.93. The van der Waals surface area contributed by atoms with Gasteiger partial charge in [-0.3, -0.25) is 0 Å². The maximum Gasteiger partial charge on any atom is 0.237 e. The maximum atomic E-state index is 9.85. The van der Waals surface area contributed by atoms with Crippen LogP contribution in [0, 0.1) is 11.3 Å². The lowest BCUT2D eigenvalue weighted by molar-refractivity contribution is 0.293. The first-order valence-electron chi connectivity index (χ1n) is 9.40. The molecule has 0 atom stereocenters.